The van der Waals surface area contributed by atoms with E-state index in [1.165, 1.54) is 12.1 Å². The molecule has 0 radical (unpaired) electrons. The summed E-state index contributed by atoms with van der Waals surface area (Å²) < 4.78 is 41.3. The molecule has 0 heterocycles. The number of ether oxygens (including phenoxy) is 2. The molecule has 1 atom stereocenters. The Morgan fingerprint density at radius 2 is 1.29 bits per heavy atom. The summed E-state index contributed by atoms with van der Waals surface area (Å²) in [5.74, 6) is -0.534. The Labute approximate surface area is 246 Å². The van der Waals surface area contributed by atoms with Gasteiger partial charge in [0.1, 0.15) is 23.9 Å². The normalized spacial score (nSPS) is 11.7. The van der Waals surface area contributed by atoms with Crippen molar-refractivity contribution in [2.75, 3.05) is 6.54 Å². The molecule has 42 heavy (non-hydrogen) atoms. The highest BCUT2D eigenvalue weighted by atomic mass is 32.2. The number of carbonyl (C=O) groups excluding carboxylic acids is 2. The van der Waals surface area contributed by atoms with Crippen LogP contribution in [0.5, 0.6) is 5.75 Å². The molecule has 0 saturated carbocycles. The van der Waals surface area contributed by atoms with Crippen LogP contribution in [-0.2, 0) is 44.0 Å². The number of hydrogen-bond acceptors (Lipinski definition) is 7. The molecule has 9 heteroatoms. The second-order valence-corrected chi connectivity index (χ2v) is 11.4. The number of aryl methyl sites for hydroxylation is 1. The van der Waals surface area contributed by atoms with Gasteiger partial charge in [0.2, 0.25) is 0 Å². The standard InChI is InChI=1S/C33H33NO7S/c1-25-12-18-31(19-13-25)42(37,38)41-30-16-14-26(15-17-30)20-29(21-32(35)39-23-27-8-4-2-5-9-27)22-34-33(36)40-24-28-10-6-3-7-11-28/h2-19,29H,20-24H2,1H3,(H,34,36). The van der Waals surface area contributed by atoms with E-state index in [-0.39, 0.29) is 42.7 Å². The average Bonchev–Trinajstić information content (AvgIpc) is 3.00. The van der Waals surface area contributed by atoms with Gasteiger partial charge in [-0.25, -0.2) is 4.79 Å². The van der Waals surface area contributed by atoms with Crippen molar-refractivity contribution in [2.24, 2.45) is 5.92 Å². The number of hydrogen-bond donors (Lipinski definition) is 1. The molecule has 1 N–H and O–H groups in total. The van der Waals surface area contributed by atoms with Crippen molar-refractivity contribution in [3.63, 3.8) is 0 Å². The van der Waals surface area contributed by atoms with Crippen molar-refractivity contribution in [3.8, 4) is 5.75 Å². The predicted octanol–water partition coefficient (Wildman–Crippen LogP) is 5.98. The van der Waals surface area contributed by atoms with Gasteiger partial charge in [-0.3, -0.25) is 4.79 Å². The summed E-state index contributed by atoms with van der Waals surface area (Å²) in [6, 6.07) is 31.7. The number of carbonyl (C=O) groups is 2. The van der Waals surface area contributed by atoms with Crippen LogP contribution in [0.3, 0.4) is 0 Å². The maximum Gasteiger partial charge on any atom is 0.407 e. The smallest absolute Gasteiger partial charge is 0.407 e. The molecule has 0 aliphatic heterocycles. The Balaban J connectivity index is 1.36. The van der Waals surface area contributed by atoms with E-state index in [9.17, 15) is 18.0 Å². The first-order chi connectivity index (χ1) is 20.3. The van der Waals surface area contributed by atoms with Crippen LogP contribution in [0.2, 0.25) is 0 Å². The summed E-state index contributed by atoms with van der Waals surface area (Å²) in [6.07, 6.45) is -0.109. The van der Waals surface area contributed by atoms with Gasteiger partial charge in [-0.15, -0.1) is 0 Å². The monoisotopic (exact) mass is 587 g/mol. The fraction of sp³-hybridized carbons (Fsp3) is 0.212. The molecular weight excluding hydrogens is 554 g/mol. The molecule has 0 aromatic heterocycles. The molecule has 0 spiro atoms. The van der Waals surface area contributed by atoms with Crippen LogP contribution in [0.15, 0.2) is 114 Å². The highest BCUT2D eigenvalue weighted by Crippen LogP contribution is 2.22. The van der Waals surface area contributed by atoms with Crippen LogP contribution in [0.1, 0.15) is 28.7 Å². The molecular formula is C33H33NO7S. The average molecular weight is 588 g/mol. The topological polar surface area (TPSA) is 108 Å². The van der Waals surface area contributed by atoms with Gasteiger partial charge in [-0.05, 0) is 60.2 Å². The van der Waals surface area contributed by atoms with Crippen molar-refractivity contribution in [1.29, 1.82) is 0 Å². The number of amides is 1. The van der Waals surface area contributed by atoms with Gasteiger partial charge in [-0.1, -0.05) is 90.5 Å². The Morgan fingerprint density at radius 3 is 1.88 bits per heavy atom. The zero-order chi connectivity index (χ0) is 29.8. The largest absolute Gasteiger partial charge is 0.461 e. The van der Waals surface area contributed by atoms with E-state index < -0.39 is 22.2 Å². The van der Waals surface area contributed by atoms with Crippen molar-refractivity contribution in [1.82, 2.24) is 5.32 Å². The van der Waals surface area contributed by atoms with Crippen molar-refractivity contribution in [2.45, 2.75) is 37.9 Å². The first-order valence-corrected chi connectivity index (χ1v) is 14.9. The molecule has 1 unspecified atom stereocenters. The second-order valence-electron chi connectivity index (χ2n) is 9.86. The highest BCUT2D eigenvalue weighted by Gasteiger charge is 2.19. The van der Waals surface area contributed by atoms with E-state index in [0.29, 0.717) is 6.42 Å². The molecule has 8 nitrogen and oxygen atoms in total. The van der Waals surface area contributed by atoms with Crippen molar-refractivity contribution >= 4 is 22.2 Å². The SMILES string of the molecule is Cc1ccc(S(=O)(=O)Oc2ccc(CC(CNC(=O)OCc3ccccc3)CC(=O)OCc3ccccc3)cc2)cc1. The number of alkyl carbamates (subject to hydrolysis) is 1. The van der Waals surface area contributed by atoms with Crippen LogP contribution in [0.4, 0.5) is 4.79 Å². The first kappa shape index (κ1) is 30.3. The summed E-state index contributed by atoms with van der Waals surface area (Å²) in [6.45, 7) is 2.33. The van der Waals surface area contributed by atoms with E-state index in [0.717, 1.165) is 22.3 Å². The van der Waals surface area contributed by atoms with Crippen LogP contribution in [0.25, 0.3) is 0 Å². The first-order valence-electron chi connectivity index (χ1n) is 13.5. The molecule has 0 aliphatic rings. The minimum Gasteiger partial charge on any atom is -0.461 e. The van der Waals surface area contributed by atoms with Gasteiger partial charge in [-0.2, -0.15) is 8.42 Å². The Kier molecular flexibility index (Phi) is 10.7. The van der Waals surface area contributed by atoms with E-state index in [4.69, 9.17) is 13.7 Å². The van der Waals surface area contributed by atoms with E-state index >= 15 is 0 Å². The van der Waals surface area contributed by atoms with Crippen LogP contribution >= 0.6 is 0 Å². The lowest BCUT2D eigenvalue weighted by Gasteiger charge is -2.18. The summed E-state index contributed by atoms with van der Waals surface area (Å²) in [5, 5.41) is 2.74. The third-order valence-corrected chi connectivity index (χ3v) is 7.67. The molecule has 4 aromatic rings. The molecule has 4 rings (SSSR count). The third kappa shape index (κ3) is 9.78. The lowest BCUT2D eigenvalue weighted by atomic mass is 9.96. The van der Waals surface area contributed by atoms with E-state index in [1.807, 2.05) is 67.6 Å². The third-order valence-electron chi connectivity index (χ3n) is 6.41. The summed E-state index contributed by atoms with van der Waals surface area (Å²) in [4.78, 5) is 25.1. The van der Waals surface area contributed by atoms with Crippen molar-refractivity contribution in [3.05, 3.63) is 131 Å². The Morgan fingerprint density at radius 1 is 0.714 bits per heavy atom. The predicted molar refractivity (Wildman–Crippen MR) is 158 cm³/mol. The number of benzene rings is 4. The minimum atomic E-state index is -3.98. The van der Waals surface area contributed by atoms with E-state index in [1.54, 1.807) is 36.4 Å². The minimum absolute atomic E-state index is 0.0614. The molecule has 4 aromatic carbocycles. The lowest BCUT2D eigenvalue weighted by Crippen LogP contribution is -2.32. The molecule has 0 aliphatic carbocycles. The summed E-state index contributed by atoms with van der Waals surface area (Å²) in [7, 11) is -3.98. The molecule has 0 bridgehead atoms. The number of esters is 1. The number of nitrogens with one attached hydrogen (secondary N) is 1. The maximum absolute atomic E-state index is 12.7. The number of rotatable bonds is 13. The Hall–Kier alpha value is -4.63. The van der Waals surface area contributed by atoms with Gasteiger partial charge in [0.25, 0.3) is 0 Å². The zero-order valence-corrected chi connectivity index (χ0v) is 24.1. The highest BCUT2D eigenvalue weighted by molar-refractivity contribution is 7.87. The fourth-order valence-corrected chi connectivity index (χ4v) is 5.08. The summed E-state index contributed by atoms with van der Waals surface area (Å²) >= 11 is 0. The lowest BCUT2D eigenvalue weighted by molar-refractivity contribution is -0.146. The Bertz CT molecular complexity index is 1540. The molecule has 1 amide bonds. The van der Waals surface area contributed by atoms with E-state index in [2.05, 4.69) is 5.32 Å². The van der Waals surface area contributed by atoms with Crippen LogP contribution < -0.4 is 9.50 Å². The molecule has 0 fully saturated rings. The fourth-order valence-electron chi connectivity index (χ4n) is 4.15. The second kappa shape index (κ2) is 14.8. The van der Waals surface area contributed by atoms with Gasteiger partial charge < -0.3 is 19.0 Å². The van der Waals surface area contributed by atoms with Gasteiger partial charge >= 0.3 is 22.2 Å². The molecule has 218 valence electrons. The maximum atomic E-state index is 12.7. The zero-order valence-electron chi connectivity index (χ0n) is 23.3. The molecule has 0 saturated heterocycles. The van der Waals surface area contributed by atoms with Gasteiger partial charge in [0.05, 0.1) is 6.42 Å². The van der Waals surface area contributed by atoms with Crippen molar-refractivity contribution < 1.29 is 31.7 Å². The van der Waals surface area contributed by atoms with Gasteiger partial charge in [0.15, 0.2) is 0 Å². The quantitative estimate of drug-likeness (QED) is 0.151. The van der Waals surface area contributed by atoms with Crippen LogP contribution in [0, 0.1) is 12.8 Å². The van der Waals surface area contributed by atoms with Crippen LogP contribution in [-0.4, -0.2) is 27.0 Å². The summed E-state index contributed by atoms with van der Waals surface area (Å²) in [5.41, 5.74) is 3.51. The van der Waals surface area contributed by atoms with Gasteiger partial charge in [0, 0.05) is 6.54 Å².